The monoisotopic (exact) mass is 393 g/mol. The van der Waals surface area contributed by atoms with Gasteiger partial charge in [-0.3, -0.25) is 0 Å². The number of nitrogens with one attached hydrogen (secondary N) is 1. The summed E-state index contributed by atoms with van der Waals surface area (Å²) in [6.45, 7) is 9.51. The highest BCUT2D eigenvalue weighted by Crippen LogP contribution is 2.22. The Bertz CT molecular complexity index is 731. The van der Waals surface area contributed by atoms with Crippen molar-refractivity contribution in [2.45, 2.75) is 50.8 Å². The minimum atomic E-state index is 0.682. The van der Waals surface area contributed by atoms with E-state index in [0.717, 1.165) is 13.0 Å². The SMILES string of the molecule is C=C(C)CCC(CCC/C(C)=C\c1ccccc1)CNc1ccc(SC)cc1. The molecule has 150 valence electrons. The molecule has 0 saturated heterocycles. The maximum Gasteiger partial charge on any atom is 0.0341 e. The largest absolute Gasteiger partial charge is 0.385 e. The number of allylic oxidation sites excluding steroid dienone is 2. The topological polar surface area (TPSA) is 12.0 Å². The number of thioether (sulfide) groups is 1. The highest BCUT2D eigenvalue weighted by molar-refractivity contribution is 7.98. The number of hydrogen-bond acceptors (Lipinski definition) is 2. The smallest absolute Gasteiger partial charge is 0.0341 e. The van der Waals surface area contributed by atoms with Crippen molar-refractivity contribution < 1.29 is 0 Å². The average molecular weight is 394 g/mol. The third-order valence-electron chi connectivity index (χ3n) is 5.06. The van der Waals surface area contributed by atoms with Crippen LogP contribution in [0.25, 0.3) is 6.08 Å². The minimum absolute atomic E-state index is 0.682. The molecule has 0 aliphatic carbocycles. The summed E-state index contributed by atoms with van der Waals surface area (Å²) in [6, 6.07) is 19.4. The Kier molecular flexibility index (Phi) is 9.99. The van der Waals surface area contributed by atoms with Crippen molar-refractivity contribution in [1.82, 2.24) is 0 Å². The lowest BCUT2D eigenvalue weighted by atomic mass is 9.93. The van der Waals surface area contributed by atoms with Crippen LogP contribution >= 0.6 is 11.8 Å². The van der Waals surface area contributed by atoms with Crippen LogP contribution in [0.1, 0.15) is 51.5 Å². The lowest BCUT2D eigenvalue weighted by molar-refractivity contribution is 0.456. The zero-order chi connectivity index (χ0) is 20.2. The van der Waals surface area contributed by atoms with Gasteiger partial charge in [0, 0.05) is 17.1 Å². The standard InChI is InChI=1S/C26H35NS/c1-21(2)13-14-24(20-27-25-15-17-26(28-4)18-16-25)12-8-9-22(3)19-23-10-6-5-7-11-23/h5-7,10-11,15-19,24,27H,1,8-9,12-14,20H2,2-4H3/b22-19-. The fraction of sp³-hybridized carbons (Fsp3) is 0.385. The van der Waals surface area contributed by atoms with Crippen molar-refractivity contribution in [3.05, 3.63) is 77.9 Å². The highest BCUT2D eigenvalue weighted by atomic mass is 32.2. The Labute approximate surface area is 176 Å². The van der Waals surface area contributed by atoms with E-state index in [9.17, 15) is 0 Å². The van der Waals surface area contributed by atoms with E-state index in [-0.39, 0.29) is 0 Å². The summed E-state index contributed by atoms with van der Waals surface area (Å²) in [7, 11) is 0. The van der Waals surface area contributed by atoms with E-state index in [1.165, 1.54) is 53.0 Å². The summed E-state index contributed by atoms with van der Waals surface area (Å²) < 4.78 is 0. The van der Waals surface area contributed by atoms with Crippen LogP contribution in [0, 0.1) is 5.92 Å². The molecule has 0 spiro atoms. The molecule has 0 heterocycles. The first-order chi connectivity index (χ1) is 13.6. The summed E-state index contributed by atoms with van der Waals surface area (Å²) in [4.78, 5) is 1.31. The van der Waals surface area contributed by atoms with Gasteiger partial charge in [0.15, 0.2) is 0 Å². The third kappa shape index (κ3) is 8.84. The first-order valence-corrected chi connectivity index (χ1v) is 11.5. The van der Waals surface area contributed by atoms with Gasteiger partial charge in [-0.25, -0.2) is 0 Å². The molecule has 0 saturated carbocycles. The fourth-order valence-electron chi connectivity index (χ4n) is 3.35. The molecule has 0 aromatic heterocycles. The molecular weight excluding hydrogens is 358 g/mol. The van der Waals surface area contributed by atoms with Gasteiger partial charge in [-0.2, -0.15) is 0 Å². The second-order valence-electron chi connectivity index (χ2n) is 7.76. The normalized spacial score (nSPS) is 12.6. The van der Waals surface area contributed by atoms with E-state index in [4.69, 9.17) is 0 Å². The van der Waals surface area contributed by atoms with E-state index in [0.29, 0.717) is 5.92 Å². The Balaban J connectivity index is 1.83. The van der Waals surface area contributed by atoms with Crippen molar-refractivity contribution in [2.24, 2.45) is 5.92 Å². The predicted molar refractivity (Wildman–Crippen MR) is 128 cm³/mol. The molecule has 2 aromatic rings. The molecule has 1 unspecified atom stereocenters. The molecular formula is C26H35NS. The summed E-state index contributed by atoms with van der Waals surface area (Å²) in [5.74, 6) is 0.682. The van der Waals surface area contributed by atoms with Gasteiger partial charge in [0.2, 0.25) is 0 Å². The molecule has 0 fully saturated rings. The van der Waals surface area contributed by atoms with E-state index in [1.54, 1.807) is 11.8 Å². The molecule has 2 aromatic carbocycles. The maximum absolute atomic E-state index is 4.09. The van der Waals surface area contributed by atoms with E-state index >= 15 is 0 Å². The van der Waals surface area contributed by atoms with Crippen molar-refractivity contribution in [1.29, 1.82) is 0 Å². The predicted octanol–water partition coefficient (Wildman–Crippen LogP) is 8.07. The van der Waals surface area contributed by atoms with Crippen LogP contribution < -0.4 is 5.32 Å². The quantitative estimate of drug-likeness (QED) is 0.289. The van der Waals surface area contributed by atoms with Crippen LogP contribution in [-0.4, -0.2) is 12.8 Å². The zero-order valence-electron chi connectivity index (χ0n) is 17.7. The first-order valence-electron chi connectivity index (χ1n) is 10.3. The summed E-state index contributed by atoms with van der Waals surface area (Å²) in [6.07, 6.45) is 10.4. The van der Waals surface area contributed by atoms with Crippen LogP contribution in [0.15, 0.2) is 77.2 Å². The number of hydrogen-bond donors (Lipinski definition) is 1. The van der Waals surface area contributed by atoms with Gasteiger partial charge < -0.3 is 5.32 Å². The van der Waals surface area contributed by atoms with Gasteiger partial charge in [0.25, 0.3) is 0 Å². The van der Waals surface area contributed by atoms with Crippen molar-refractivity contribution in [3.8, 4) is 0 Å². The number of benzene rings is 2. The molecule has 0 aliphatic rings. The zero-order valence-corrected chi connectivity index (χ0v) is 18.5. The lowest BCUT2D eigenvalue weighted by Crippen LogP contribution is -2.14. The van der Waals surface area contributed by atoms with Crippen LogP contribution in [0.2, 0.25) is 0 Å². The van der Waals surface area contributed by atoms with Gasteiger partial charge in [0.05, 0.1) is 0 Å². The van der Waals surface area contributed by atoms with Crippen LogP contribution in [0.3, 0.4) is 0 Å². The van der Waals surface area contributed by atoms with Crippen LogP contribution in [-0.2, 0) is 0 Å². The van der Waals surface area contributed by atoms with Gasteiger partial charge in [0.1, 0.15) is 0 Å². The summed E-state index contributed by atoms with van der Waals surface area (Å²) >= 11 is 1.78. The second-order valence-corrected chi connectivity index (χ2v) is 8.64. The van der Waals surface area contributed by atoms with Gasteiger partial charge >= 0.3 is 0 Å². The molecule has 28 heavy (non-hydrogen) atoms. The Morgan fingerprint density at radius 3 is 2.36 bits per heavy atom. The molecule has 2 rings (SSSR count). The van der Waals surface area contributed by atoms with E-state index in [1.807, 2.05) is 0 Å². The van der Waals surface area contributed by atoms with Crippen molar-refractivity contribution >= 4 is 23.5 Å². The van der Waals surface area contributed by atoms with Gasteiger partial charge in [-0.05, 0) is 88.0 Å². The highest BCUT2D eigenvalue weighted by Gasteiger charge is 2.09. The van der Waals surface area contributed by atoms with Crippen LogP contribution in [0.4, 0.5) is 5.69 Å². The molecule has 0 amide bonds. The third-order valence-corrected chi connectivity index (χ3v) is 5.80. The lowest BCUT2D eigenvalue weighted by Gasteiger charge is -2.19. The number of anilines is 1. The van der Waals surface area contributed by atoms with E-state index in [2.05, 4.69) is 92.7 Å². The minimum Gasteiger partial charge on any atom is -0.385 e. The maximum atomic E-state index is 4.09. The summed E-state index contributed by atoms with van der Waals surface area (Å²) in [5.41, 5.74) is 5.27. The molecule has 1 nitrogen and oxygen atoms in total. The molecule has 0 aliphatic heterocycles. The molecule has 2 heteroatoms. The molecule has 0 bridgehead atoms. The Morgan fingerprint density at radius 1 is 1.00 bits per heavy atom. The van der Waals surface area contributed by atoms with E-state index < -0.39 is 0 Å². The fourth-order valence-corrected chi connectivity index (χ4v) is 3.75. The molecule has 1 N–H and O–H groups in total. The number of rotatable bonds is 12. The van der Waals surface area contributed by atoms with Crippen LogP contribution in [0.5, 0.6) is 0 Å². The first kappa shape index (κ1) is 22.4. The average Bonchev–Trinajstić information content (AvgIpc) is 2.70. The summed E-state index contributed by atoms with van der Waals surface area (Å²) in [5, 5.41) is 3.64. The molecule has 0 radical (unpaired) electrons. The van der Waals surface area contributed by atoms with Gasteiger partial charge in [-0.15, -0.1) is 18.3 Å². The second kappa shape index (κ2) is 12.5. The Hall–Kier alpha value is -1.93. The van der Waals surface area contributed by atoms with Crippen molar-refractivity contribution in [3.63, 3.8) is 0 Å². The van der Waals surface area contributed by atoms with Crippen molar-refractivity contribution in [2.75, 3.05) is 18.1 Å². The Morgan fingerprint density at radius 2 is 1.71 bits per heavy atom. The van der Waals surface area contributed by atoms with Gasteiger partial charge in [-0.1, -0.05) is 47.6 Å². The molecule has 1 atom stereocenters.